The molecule has 0 unspecified atom stereocenters. The molecule has 0 N–H and O–H groups in total. The molecule has 1 aliphatic carbocycles. The fourth-order valence-electron chi connectivity index (χ4n) is 4.51. The molecule has 1 saturated carbocycles. The molecule has 2 aromatic carbocycles. The minimum atomic E-state index is -4.77. The first kappa shape index (κ1) is 23.6. The van der Waals surface area contributed by atoms with E-state index in [2.05, 4.69) is 11.7 Å². The van der Waals surface area contributed by atoms with Crippen LogP contribution in [0.2, 0.25) is 0 Å². The van der Waals surface area contributed by atoms with Crippen LogP contribution in [0.5, 0.6) is 5.75 Å². The van der Waals surface area contributed by atoms with Gasteiger partial charge in [0.25, 0.3) is 0 Å². The average molecular weight is 440 g/mol. The van der Waals surface area contributed by atoms with Crippen molar-refractivity contribution in [1.82, 2.24) is 0 Å². The number of hydrogen-bond acceptors (Lipinski definition) is 1. The highest BCUT2D eigenvalue weighted by molar-refractivity contribution is 5.35. The molecule has 1 fully saturated rings. The second kappa shape index (κ2) is 10.5. The van der Waals surface area contributed by atoms with Crippen LogP contribution in [0.25, 0.3) is 0 Å². The van der Waals surface area contributed by atoms with Crippen LogP contribution >= 0.6 is 0 Å². The van der Waals surface area contributed by atoms with E-state index in [9.17, 15) is 22.0 Å². The lowest BCUT2D eigenvalue weighted by Gasteiger charge is -2.29. The molecule has 2 aromatic rings. The third-order valence-corrected chi connectivity index (χ3v) is 6.24. The molecule has 170 valence electrons. The Kier molecular flexibility index (Phi) is 7.95. The molecule has 1 aliphatic rings. The van der Waals surface area contributed by atoms with Crippen molar-refractivity contribution in [2.75, 3.05) is 0 Å². The molecule has 3 rings (SSSR count). The maximum atomic E-state index is 14.7. The molecule has 1 nitrogen and oxygen atoms in total. The molecule has 0 radical (unpaired) electrons. The monoisotopic (exact) mass is 440 g/mol. The zero-order valence-corrected chi connectivity index (χ0v) is 17.8. The van der Waals surface area contributed by atoms with Crippen LogP contribution in [0, 0.1) is 17.6 Å². The summed E-state index contributed by atoms with van der Waals surface area (Å²) in [5.41, 5.74) is 1.15. The predicted molar refractivity (Wildman–Crippen MR) is 111 cm³/mol. The van der Waals surface area contributed by atoms with Gasteiger partial charge in [-0.3, -0.25) is 0 Å². The van der Waals surface area contributed by atoms with Crippen LogP contribution in [0.3, 0.4) is 0 Å². The van der Waals surface area contributed by atoms with Gasteiger partial charge in [-0.2, -0.15) is 0 Å². The van der Waals surface area contributed by atoms with Crippen LogP contribution in [0.4, 0.5) is 22.0 Å². The number of benzene rings is 2. The highest BCUT2D eigenvalue weighted by Crippen LogP contribution is 2.38. The van der Waals surface area contributed by atoms with Crippen LogP contribution in [0.15, 0.2) is 36.4 Å². The Morgan fingerprint density at radius 1 is 0.903 bits per heavy atom. The summed E-state index contributed by atoms with van der Waals surface area (Å²) in [6.45, 7) is 2.20. The SMILES string of the molecule is CCCCCC1CCC(c2cc(F)c(Cc3ccc(OC(F)(F)F)cc3)c(F)c2)CC1. The van der Waals surface area contributed by atoms with E-state index in [1.807, 2.05) is 0 Å². The lowest BCUT2D eigenvalue weighted by atomic mass is 9.77. The predicted octanol–water partition coefficient (Wildman–Crippen LogP) is 8.31. The molecule has 0 spiro atoms. The number of unbranched alkanes of at least 4 members (excludes halogenated alkanes) is 2. The molecule has 0 amide bonds. The molecule has 0 saturated heterocycles. The molecule has 0 bridgehead atoms. The zero-order chi connectivity index (χ0) is 22.4. The fourth-order valence-corrected chi connectivity index (χ4v) is 4.51. The van der Waals surface area contributed by atoms with Gasteiger partial charge in [0, 0.05) is 12.0 Å². The molecule has 0 heterocycles. The number of ether oxygens (including phenoxy) is 1. The Morgan fingerprint density at radius 3 is 2.06 bits per heavy atom. The average Bonchev–Trinajstić information content (AvgIpc) is 2.71. The van der Waals surface area contributed by atoms with Gasteiger partial charge in [0.1, 0.15) is 17.4 Å². The maximum Gasteiger partial charge on any atom is 0.573 e. The molecule has 0 atom stereocenters. The number of rotatable bonds is 8. The normalized spacial score (nSPS) is 19.4. The van der Waals surface area contributed by atoms with Crippen LogP contribution in [0.1, 0.15) is 80.9 Å². The molecule has 6 heteroatoms. The summed E-state index contributed by atoms with van der Waals surface area (Å²) >= 11 is 0. The highest BCUT2D eigenvalue weighted by atomic mass is 19.4. The molecule has 31 heavy (non-hydrogen) atoms. The first-order chi connectivity index (χ1) is 14.7. The lowest BCUT2D eigenvalue weighted by molar-refractivity contribution is -0.274. The summed E-state index contributed by atoms with van der Waals surface area (Å²) in [4.78, 5) is 0. The van der Waals surface area contributed by atoms with Crippen LogP contribution in [-0.2, 0) is 6.42 Å². The van der Waals surface area contributed by atoms with Crippen molar-refractivity contribution in [2.45, 2.75) is 77.0 Å². The van der Waals surface area contributed by atoms with Crippen LogP contribution < -0.4 is 4.74 Å². The number of alkyl halides is 3. The zero-order valence-electron chi connectivity index (χ0n) is 17.8. The van der Waals surface area contributed by atoms with Gasteiger partial charge in [-0.05, 0) is 72.9 Å². The Balaban J connectivity index is 1.62. The Bertz CT molecular complexity index is 813. The second-order valence-electron chi connectivity index (χ2n) is 8.55. The Hall–Kier alpha value is -2.11. The van der Waals surface area contributed by atoms with Crippen molar-refractivity contribution < 1.29 is 26.7 Å². The Morgan fingerprint density at radius 2 is 1.52 bits per heavy atom. The minimum absolute atomic E-state index is 0.0333. The van der Waals surface area contributed by atoms with E-state index in [0.717, 1.165) is 43.7 Å². The van der Waals surface area contributed by atoms with Gasteiger partial charge in [0.2, 0.25) is 0 Å². The van der Waals surface area contributed by atoms with Gasteiger partial charge >= 0.3 is 6.36 Å². The summed E-state index contributed by atoms with van der Waals surface area (Å²) in [5, 5.41) is 0. The van der Waals surface area contributed by atoms with Crippen LogP contribution in [-0.4, -0.2) is 6.36 Å². The van der Waals surface area contributed by atoms with Crippen molar-refractivity contribution in [1.29, 1.82) is 0 Å². The summed E-state index contributed by atoms with van der Waals surface area (Å²) in [6.07, 6.45) is 4.28. The smallest absolute Gasteiger partial charge is 0.406 e. The molecular formula is C25H29F5O. The first-order valence-electron chi connectivity index (χ1n) is 11.1. The van der Waals surface area contributed by atoms with E-state index >= 15 is 0 Å². The van der Waals surface area contributed by atoms with E-state index < -0.39 is 18.0 Å². The van der Waals surface area contributed by atoms with Crippen molar-refractivity contribution in [3.63, 3.8) is 0 Å². The van der Waals surface area contributed by atoms with Gasteiger partial charge in [-0.15, -0.1) is 13.2 Å². The topological polar surface area (TPSA) is 9.23 Å². The summed E-state index contributed by atoms with van der Waals surface area (Å²) < 4.78 is 70.0. The fraction of sp³-hybridized carbons (Fsp3) is 0.520. The highest BCUT2D eigenvalue weighted by Gasteiger charge is 2.31. The summed E-state index contributed by atoms with van der Waals surface area (Å²) in [5.74, 6) is -0.662. The van der Waals surface area contributed by atoms with Gasteiger partial charge in [0.05, 0.1) is 0 Å². The Labute approximate surface area is 180 Å². The summed E-state index contributed by atoms with van der Waals surface area (Å²) in [6, 6.07) is 7.92. The molecular weight excluding hydrogens is 411 g/mol. The quantitative estimate of drug-likeness (QED) is 0.296. The number of halogens is 5. The van der Waals surface area contributed by atoms with Gasteiger partial charge in [0.15, 0.2) is 0 Å². The third-order valence-electron chi connectivity index (χ3n) is 6.24. The van der Waals surface area contributed by atoms with Gasteiger partial charge in [-0.1, -0.05) is 44.7 Å². The first-order valence-corrected chi connectivity index (χ1v) is 11.1. The van der Waals surface area contributed by atoms with Crippen molar-refractivity contribution in [2.24, 2.45) is 5.92 Å². The third kappa shape index (κ3) is 6.94. The van der Waals surface area contributed by atoms with E-state index in [1.54, 1.807) is 0 Å². The van der Waals surface area contributed by atoms with E-state index in [4.69, 9.17) is 0 Å². The van der Waals surface area contributed by atoms with E-state index in [1.165, 1.54) is 49.9 Å². The van der Waals surface area contributed by atoms with Gasteiger partial charge < -0.3 is 4.74 Å². The molecule has 0 aromatic heterocycles. The van der Waals surface area contributed by atoms with Crippen molar-refractivity contribution in [3.8, 4) is 5.75 Å². The minimum Gasteiger partial charge on any atom is -0.406 e. The number of hydrogen-bond donors (Lipinski definition) is 0. The molecule has 0 aliphatic heterocycles. The standard InChI is InChI=1S/C25H29F5O/c1-2-3-4-5-17-6-10-19(11-7-17)20-15-23(26)22(24(27)16-20)14-18-8-12-21(13-9-18)31-25(28,29)30/h8-9,12-13,15-17,19H,2-7,10-11,14H2,1H3. The van der Waals surface area contributed by atoms with E-state index in [-0.39, 0.29) is 23.7 Å². The largest absolute Gasteiger partial charge is 0.573 e. The van der Waals surface area contributed by atoms with Gasteiger partial charge in [-0.25, -0.2) is 8.78 Å². The van der Waals surface area contributed by atoms with Crippen molar-refractivity contribution >= 4 is 0 Å². The lowest BCUT2D eigenvalue weighted by Crippen LogP contribution is -2.17. The second-order valence-corrected chi connectivity index (χ2v) is 8.55. The van der Waals surface area contributed by atoms with E-state index in [0.29, 0.717) is 11.1 Å². The summed E-state index contributed by atoms with van der Waals surface area (Å²) in [7, 11) is 0. The van der Waals surface area contributed by atoms with Crippen molar-refractivity contribution in [3.05, 3.63) is 64.7 Å². The maximum absolute atomic E-state index is 14.7.